The zero-order valence-electron chi connectivity index (χ0n) is 11.5. The first-order valence-electron chi connectivity index (χ1n) is 6.16. The number of carbonyl (C=O) groups excluding carboxylic acids is 1. The van der Waals surface area contributed by atoms with Gasteiger partial charge < -0.3 is 9.47 Å². The maximum Gasteiger partial charge on any atom is 0.387 e. The fourth-order valence-corrected chi connectivity index (χ4v) is 1.88. The van der Waals surface area contributed by atoms with Gasteiger partial charge >= 0.3 is 12.6 Å². The number of alkyl halides is 2. The SMILES string of the molecule is COC(=O)c1cc(C)n(Cc2ccccc2OC(F)F)n1. The first-order valence-corrected chi connectivity index (χ1v) is 6.16. The molecule has 0 unspecified atom stereocenters. The minimum Gasteiger partial charge on any atom is -0.464 e. The Morgan fingerprint density at radius 1 is 1.38 bits per heavy atom. The quantitative estimate of drug-likeness (QED) is 0.796. The molecule has 7 heteroatoms. The molecule has 0 aliphatic carbocycles. The van der Waals surface area contributed by atoms with Crippen LogP contribution in [0, 0.1) is 6.92 Å². The van der Waals surface area contributed by atoms with E-state index in [4.69, 9.17) is 0 Å². The second-order valence-electron chi connectivity index (χ2n) is 4.31. The Kier molecular flexibility index (Phi) is 4.52. The predicted molar refractivity (Wildman–Crippen MR) is 70.5 cm³/mol. The highest BCUT2D eigenvalue weighted by Crippen LogP contribution is 2.21. The van der Waals surface area contributed by atoms with Crippen LogP contribution >= 0.6 is 0 Å². The number of ether oxygens (including phenoxy) is 2. The van der Waals surface area contributed by atoms with E-state index in [0.29, 0.717) is 11.3 Å². The van der Waals surface area contributed by atoms with E-state index in [0.717, 1.165) is 0 Å². The van der Waals surface area contributed by atoms with Crippen molar-refractivity contribution in [2.24, 2.45) is 0 Å². The molecule has 21 heavy (non-hydrogen) atoms. The number of carbonyl (C=O) groups is 1. The minimum atomic E-state index is -2.89. The van der Waals surface area contributed by atoms with E-state index in [-0.39, 0.29) is 18.0 Å². The van der Waals surface area contributed by atoms with Crippen molar-refractivity contribution >= 4 is 5.97 Å². The van der Waals surface area contributed by atoms with Gasteiger partial charge in [-0.1, -0.05) is 18.2 Å². The smallest absolute Gasteiger partial charge is 0.387 e. The third-order valence-electron chi connectivity index (χ3n) is 2.88. The number of esters is 1. The van der Waals surface area contributed by atoms with Crippen molar-refractivity contribution < 1.29 is 23.0 Å². The van der Waals surface area contributed by atoms with E-state index < -0.39 is 12.6 Å². The fraction of sp³-hybridized carbons (Fsp3) is 0.286. The van der Waals surface area contributed by atoms with Crippen LogP contribution in [0.15, 0.2) is 30.3 Å². The largest absolute Gasteiger partial charge is 0.464 e. The summed E-state index contributed by atoms with van der Waals surface area (Å²) in [5.41, 5.74) is 1.42. The van der Waals surface area contributed by atoms with Gasteiger partial charge in [-0.3, -0.25) is 4.68 Å². The first-order chi connectivity index (χ1) is 10.0. The highest BCUT2D eigenvalue weighted by Gasteiger charge is 2.15. The number of nitrogens with zero attached hydrogens (tertiary/aromatic N) is 2. The van der Waals surface area contributed by atoms with Gasteiger partial charge in [0.25, 0.3) is 0 Å². The predicted octanol–water partition coefficient (Wildman–Crippen LogP) is 2.63. The van der Waals surface area contributed by atoms with Crippen LogP contribution in [0.2, 0.25) is 0 Å². The third-order valence-corrected chi connectivity index (χ3v) is 2.88. The van der Waals surface area contributed by atoms with E-state index in [1.165, 1.54) is 17.9 Å². The molecule has 0 aliphatic heterocycles. The van der Waals surface area contributed by atoms with E-state index in [2.05, 4.69) is 14.6 Å². The zero-order valence-corrected chi connectivity index (χ0v) is 11.5. The summed E-state index contributed by atoms with van der Waals surface area (Å²) >= 11 is 0. The normalized spacial score (nSPS) is 10.7. The van der Waals surface area contributed by atoms with Crippen LogP contribution < -0.4 is 4.74 Å². The number of para-hydroxylation sites is 1. The summed E-state index contributed by atoms with van der Waals surface area (Å²) in [6.07, 6.45) is 0. The zero-order chi connectivity index (χ0) is 15.4. The summed E-state index contributed by atoms with van der Waals surface area (Å²) in [6.45, 7) is -0.919. The Morgan fingerprint density at radius 3 is 2.76 bits per heavy atom. The maximum atomic E-state index is 12.4. The monoisotopic (exact) mass is 296 g/mol. The second kappa shape index (κ2) is 6.34. The van der Waals surface area contributed by atoms with Gasteiger partial charge in [-0.15, -0.1) is 0 Å². The molecule has 5 nitrogen and oxygen atoms in total. The molecule has 0 radical (unpaired) electrons. The summed E-state index contributed by atoms with van der Waals surface area (Å²) in [6, 6.07) is 8.02. The number of halogens is 2. The topological polar surface area (TPSA) is 53.4 Å². The molecule has 0 spiro atoms. The van der Waals surface area contributed by atoms with Crippen molar-refractivity contribution in [3.63, 3.8) is 0 Å². The Morgan fingerprint density at radius 2 is 2.10 bits per heavy atom. The van der Waals surface area contributed by atoms with Crippen molar-refractivity contribution in [3.8, 4) is 5.75 Å². The lowest BCUT2D eigenvalue weighted by Gasteiger charge is -2.11. The van der Waals surface area contributed by atoms with Crippen LogP contribution in [0.25, 0.3) is 0 Å². The van der Waals surface area contributed by atoms with E-state index in [9.17, 15) is 13.6 Å². The van der Waals surface area contributed by atoms with E-state index in [1.807, 2.05) is 0 Å². The molecule has 2 aromatic rings. The molecule has 1 heterocycles. The van der Waals surface area contributed by atoms with Crippen LogP contribution in [0.4, 0.5) is 8.78 Å². The van der Waals surface area contributed by atoms with Crippen LogP contribution in [0.5, 0.6) is 5.75 Å². The third kappa shape index (κ3) is 3.56. The van der Waals surface area contributed by atoms with Gasteiger partial charge in [0, 0.05) is 11.3 Å². The molecule has 112 valence electrons. The Balaban J connectivity index is 2.26. The van der Waals surface area contributed by atoms with Gasteiger partial charge in [0.1, 0.15) is 5.75 Å². The average Bonchev–Trinajstić information content (AvgIpc) is 2.81. The van der Waals surface area contributed by atoms with Gasteiger partial charge in [0.2, 0.25) is 0 Å². The number of hydrogen-bond acceptors (Lipinski definition) is 4. The molecule has 1 aromatic carbocycles. The first kappa shape index (κ1) is 15.0. The number of aryl methyl sites for hydroxylation is 1. The summed E-state index contributed by atoms with van der Waals surface area (Å²) in [4.78, 5) is 11.4. The van der Waals surface area contributed by atoms with E-state index in [1.54, 1.807) is 31.2 Å². The molecule has 0 amide bonds. The van der Waals surface area contributed by atoms with Crippen molar-refractivity contribution in [3.05, 3.63) is 47.3 Å². The number of rotatable bonds is 5. The van der Waals surface area contributed by atoms with Gasteiger partial charge in [-0.2, -0.15) is 13.9 Å². The van der Waals surface area contributed by atoms with Crippen molar-refractivity contribution in [1.29, 1.82) is 0 Å². The summed E-state index contributed by atoms with van der Waals surface area (Å²) in [5.74, 6) is -0.462. The molecule has 0 saturated heterocycles. The summed E-state index contributed by atoms with van der Waals surface area (Å²) < 4.78 is 35.3. The van der Waals surface area contributed by atoms with Crippen LogP contribution in [-0.4, -0.2) is 29.5 Å². The Bertz CT molecular complexity index is 641. The van der Waals surface area contributed by atoms with Gasteiger partial charge in [0.15, 0.2) is 5.69 Å². The van der Waals surface area contributed by atoms with Crippen molar-refractivity contribution in [1.82, 2.24) is 9.78 Å². The lowest BCUT2D eigenvalue weighted by Crippen LogP contribution is -2.10. The van der Waals surface area contributed by atoms with Gasteiger partial charge in [-0.05, 0) is 19.1 Å². The van der Waals surface area contributed by atoms with E-state index >= 15 is 0 Å². The van der Waals surface area contributed by atoms with Crippen molar-refractivity contribution in [2.75, 3.05) is 7.11 Å². The maximum absolute atomic E-state index is 12.4. The Labute approximate surface area is 120 Å². The standard InChI is InChI=1S/C14H14F2N2O3/c1-9-7-11(13(19)20-2)17-18(9)8-10-5-3-4-6-12(10)21-14(15)16/h3-7,14H,8H2,1-2H3. The minimum absolute atomic E-state index is 0.0852. The number of methoxy groups -OCH3 is 1. The highest BCUT2D eigenvalue weighted by atomic mass is 19.3. The molecular formula is C14H14F2N2O3. The lowest BCUT2D eigenvalue weighted by molar-refractivity contribution is -0.0505. The van der Waals surface area contributed by atoms with Crippen LogP contribution in [0.1, 0.15) is 21.7 Å². The Hall–Kier alpha value is -2.44. The molecule has 2 rings (SSSR count). The number of benzene rings is 1. The molecule has 0 atom stereocenters. The molecule has 0 N–H and O–H groups in total. The van der Waals surface area contributed by atoms with Gasteiger partial charge in [-0.25, -0.2) is 4.79 Å². The summed E-state index contributed by atoms with van der Waals surface area (Å²) in [5, 5.41) is 4.10. The highest BCUT2D eigenvalue weighted by molar-refractivity contribution is 5.87. The van der Waals surface area contributed by atoms with Crippen LogP contribution in [0.3, 0.4) is 0 Å². The molecule has 0 bridgehead atoms. The van der Waals surface area contributed by atoms with Crippen LogP contribution in [-0.2, 0) is 11.3 Å². The molecular weight excluding hydrogens is 282 g/mol. The van der Waals surface area contributed by atoms with Crippen molar-refractivity contribution in [2.45, 2.75) is 20.1 Å². The van der Waals surface area contributed by atoms with Gasteiger partial charge in [0.05, 0.1) is 13.7 Å². The molecule has 0 aliphatic rings. The number of hydrogen-bond donors (Lipinski definition) is 0. The fourth-order valence-electron chi connectivity index (χ4n) is 1.88. The molecule has 0 fully saturated rings. The second-order valence-corrected chi connectivity index (χ2v) is 4.31. The number of aromatic nitrogens is 2. The summed E-state index contributed by atoms with van der Waals surface area (Å²) in [7, 11) is 1.27. The molecule has 1 aromatic heterocycles. The lowest BCUT2D eigenvalue weighted by atomic mass is 10.2. The molecule has 0 saturated carbocycles. The average molecular weight is 296 g/mol.